The molecular formula is C17H33N3S. The van der Waals surface area contributed by atoms with Gasteiger partial charge < -0.3 is 16.0 Å². The van der Waals surface area contributed by atoms with Crippen molar-refractivity contribution in [3.8, 4) is 0 Å². The number of hydrogen-bond donors (Lipinski definition) is 3. The van der Waals surface area contributed by atoms with E-state index in [2.05, 4.69) is 50.6 Å². The molecule has 1 saturated heterocycles. The molecule has 0 aromatic heterocycles. The van der Waals surface area contributed by atoms with Crippen molar-refractivity contribution in [3.63, 3.8) is 0 Å². The van der Waals surface area contributed by atoms with Crippen LogP contribution in [0.3, 0.4) is 0 Å². The van der Waals surface area contributed by atoms with E-state index in [1.54, 1.807) is 0 Å². The van der Waals surface area contributed by atoms with E-state index in [1.807, 2.05) is 0 Å². The second-order valence-electron chi connectivity index (χ2n) is 8.48. The molecule has 1 aliphatic carbocycles. The summed E-state index contributed by atoms with van der Waals surface area (Å²) in [6.45, 7) is 11.5. The van der Waals surface area contributed by atoms with Crippen LogP contribution in [0, 0.1) is 5.92 Å². The predicted molar refractivity (Wildman–Crippen MR) is 94.6 cm³/mol. The van der Waals surface area contributed by atoms with Gasteiger partial charge >= 0.3 is 0 Å². The van der Waals surface area contributed by atoms with E-state index < -0.39 is 0 Å². The fourth-order valence-corrected chi connectivity index (χ4v) is 4.67. The van der Waals surface area contributed by atoms with Gasteiger partial charge in [0.1, 0.15) is 0 Å². The van der Waals surface area contributed by atoms with Gasteiger partial charge in [-0.2, -0.15) is 0 Å². The molecule has 1 heterocycles. The number of nitrogens with one attached hydrogen (secondary N) is 3. The Hall–Kier alpha value is -0.350. The van der Waals surface area contributed by atoms with Gasteiger partial charge in [0, 0.05) is 23.2 Å². The van der Waals surface area contributed by atoms with Gasteiger partial charge in [-0.15, -0.1) is 0 Å². The molecule has 2 atom stereocenters. The molecule has 3 N–H and O–H groups in total. The van der Waals surface area contributed by atoms with Crippen molar-refractivity contribution in [2.24, 2.45) is 5.92 Å². The summed E-state index contributed by atoms with van der Waals surface area (Å²) in [6.07, 6.45) is 7.51. The topological polar surface area (TPSA) is 36.1 Å². The van der Waals surface area contributed by atoms with Crippen LogP contribution in [-0.2, 0) is 0 Å². The van der Waals surface area contributed by atoms with Gasteiger partial charge in [0.05, 0.1) is 0 Å². The smallest absolute Gasteiger partial charge is 0.166 e. The highest BCUT2D eigenvalue weighted by Gasteiger charge is 2.38. The Balaban J connectivity index is 1.87. The Bertz CT molecular complexity index is 362. The Morgan fingerprint density at radius 3 is 2.14 bits per heavy atom. The van der Waals surface area contributed by atoms with E-state index in [9.17, 15) is 0 Å². The summed E-state index contributed by atoms with van der Waals surface area (Å²) in [6, 6.07) is 1.01. The summed E-state index contributed by atoms with van der Waals surface area (Å²) in [5, 5.41) is 11.7. The fourth-order valence-electron chi connectivity index (χ4n) is 4.35. The van der Waals surface area contributed by atoms with Crippen LogP contribution >= 0.6 is 12.2 Å². The monoisotopic (exact) mass is 311 g/mol. The summed E-state index contributed by atoms with van der Waals surface area (Å²) in [5.41, 5.74) is 0.320. The van der Waals surface area contributed by atoms with E-state index in [4.69, 9.17) is 12.2 Å². The molecule has 4 heteroatoms. The fraction of sp³-hybridized carbons (Fsp3) is 0.941. The molecule has 2 fully saturated rings. The van der Waals surface area contributed by atoms with Gasteiger partial charge in [0.15, 0.2) is 5.11 Å². The largest absolute Gasteiger partial charge is 0.360 e. The number of hydrogen-bond acceptors (Lipinski definition) is 2. The SMILES string of the molecule is C[C@@H]1CCCC[C@H]1NC(=S)NC1CC(C)(C)NC(C)(C)C1. The van der Waals surface area contributed by atoms with Gasteiger partial charge in [-0.25, -0.2) is 0 Å². The molecule has 1 saturated carbocycles. The first-order valence-corrected chi connectivity index (χ1v) is 8.94. The van der Waals surface area contributed by atoms with Crippen molar-refractivity contribution in [1.82, 2.24) is 16.0 Å². The first-order chi connectivity index (χ1) is 9.67. The molecule has 0 unspecified atom stereocenters. The normalized spacial score (nSPS) is 32.4. The van der Waals surface area contributed by atoms with E-state index >= 15 is 0 Å². The Morgan fingerprint density at radius 1 is 1.00 bits per heavy atom. The van der Waals surface area contributed by atoms with Crippen molar-refractivity contribution in [2.45, 2.75) is 96.3 Å². The lowest BCUT2D eigenvalue weighted by Gasteiger charge is -2.47. The molecular weight excluding hydrogens is 278 g/mol. The zero-order valence-corrected chi connectivity index (χ0v) is 15.2. The van der Waals surface area contributed by atoms with Crippen LogP contribution in [-0.4, -0.2) is 28.3 Å². The molecule has 21 heavy (non-hydrogen) atoms. The third kappa shape index (κ3) is 5.10. The average Bonchev–Trinajstić information content (AvgIpc) is 2.27. The van der Waals surface area contributed by atoms with Crippen molar-refractivity contribution in [2.75, 3.05) is 0 Å². The lowest BCUT2D eigenvalue weighted by atomic mass is 9.79. The highest BCUT2D eigenvalue weighted by atomic mass is 32.1. The molecule has 0 spiro atoms. The molecule has 0 amide bonds. The summed E-state index contributed by atoms with van der Waals surface area (Å²) in [7, 11) is 0. The number of thiocarbonyl (C=S) groups is 1. The van der Waals surface area contributed by atoms with Crippen LogP contribution in [0.25, 0.3) is 0 Å². The van der Waals surface area contributed by atoms with Crippen molar-refractivity contribution < 1.29 is 0 Å². The lowest BCUT2D eigenvalue weighted by molar-refractivity contribution is 0.155. The van der Waals surface area contributed by atoms with Crippen LogP contribution in [0.1, 0.15) is 73.1 Å². The third-order valence-corrected chi connectivity index (χ3v) is 5.19. The summed E-state index contributed by atoms with van der Waals surface area (Å²) in [4.78, 5) is 0. The van der Waals surface area contributed by atoms with Gasteiger partial charge in [0.25, 0.3) is 0 Å². The standard InChI is InChI=1S/C17H33N3S/c1-12-8-6-7-9-14(12)19-15(21)18-13-10-16(2,3)20-17(4,5)11-13/h12-14,20H,6-11H2,1-5H3,(H2,18,19,21)/t12-,14-/m1/s1. The Kier molecular flexibility index (Phi) is 5.19. The predicted octanol–water partition coefficient (Wildman–Crippen LogP) is 3.34. The van der Waals surface area contributed by atoms with Gasteiger partial charge in [-0.3, -0.25) is 0 Å². The zero-order valence-electron chi connectivity index (χ0n) is 14.4. The maximum absolute atomic E-state index is 5.58. The molecule has 3 nitrogen and oxygen atoms in total. The molecule has 1 aliphatic heterocycles. The summed E-state index contributed by atoms with van der Waals surface area (Å²) in [5.74, 6) is 0.736. The minimum atomic E-state index is 0.160. The molecule has 2 aliphatic rings. The Morgan fingerprint density at radius 2 is 1.57 bits per heavy atom. The minimum Gasteiger partial charge on any atom is -0.360 e. The number of rotatable bonds is 2. The van der Waals surface area contributed by atoms with Crippen LogP contribution in [0.15, 0.2) is 0 Å². The van der Waals surface area contributed by atoms with Crippen molar-refractivity contribution in [3.05, 3.63) is 0 Å². The lowest BCUT2D eigenvalue weighted by Crippen LogP contribution is -2.63. The van der Waals surface area contributed by atoms with Crippen LogP contribution < -0.4 is 16.0 Å². The van der Waals surface area contributed by atoms with Crippen molar-refractivity contribution in [1.29, 1.82) is 0 Å². The average molecular weight is 312 g/mol. The molecule has 2 rings (SSSR count). The van der Waals surface area contributed by atoms with E-state index in [1.165, 1.54) is 25.7 Å². The number of piperidine rings is 1. The summed E-state index contributed by atoms with van der Waals surface area (Å²) >= 11 is 5.58. The summed E-state index contributed by atoms with van der Waals surface area (Å²) < 4.78 is 0. The second-order valence-corrected chi connectivity index (χ2v) is 8.89. The third-order valence-electron chi connectivity index (χ3n) is 4.95. The first kappa shape index (κ1) is 17.0. The molecule has 0 bridgehead atoms. The highest BCUT2D eigenvalue weighted by Crippen LogP contribution is 2.28. The van der Waals surface area contributed by atoms with Crippen LogP contribution in [0.5, 0.6) is 0 Å². The second kappa shape index (κ2) is 6.41. The van der Waals surface area contributed by atoms with Gasteiger partial charge in [-0.05, 0) is 71.5 Å². The Labute approximate surface area is 136 Å². The first-order valence-electron chi connectivity index (χ1n) is 8.53. The zero-order chi connectivity index (χ0) is 15.7. The van der Waals surface area contributed by atoms with Crippen LogP contribution in [0.2, 0.25) is 0 Å². The quantitative estimate of drug-likeness (QED) is 0.684. The van der Waals surface area contributed by atoms with E-state index in [0.29, 0.717) is 12.1 Å². The van der Waals surface area contributed by atoms with Crippen molar-refractivity contribution >= 4 is 17.3 Å². The molecule has 0 aromatic rings. The van der Waals surface area contributed by atoms with Gasteiger partial charge in [0.2, 0.25) is 0 Å². The van der Waals surface area contributed by atoms with E-state index in [0.717, 1.165) is 23.9 Å². The molecule has 0 aromatic carbocycles. The maximum Gasteiger partial charge on any atom is 0.166 e. The highest BCUT2D eigenvalue weighted by molar-refractivity contribution is 7.80. The molecule has 122 valence electrons. The van der Waals surface area contributed by atoms with Crippen LogP contribution in [0.4, 0.5) is 0 Å². The molecule has 0 radical (unpaired) electrons. The van der Waals surface area contributed by atoms with Gasteiger partial charge in [-0.1, -0.05) is 19.8 Å². The minimum absolute atomic E-state index is 0.160. The van der Waals surface area contributed by atoms with E-state index in [-0.39, 0.29) is 11.1 Å². The maximum atomic E-state index is 5.58.